The standard InChI is InChI=1S/C19H24F2N4O2/c20-17(21)14-24-11-7-15(8-12-24)25-18(6-10-22-25)23-19(26)9-13-27-16-4-2-1-3-5-16/h1-6,10,15,17H,7-9,11-14H2,(H,23,26). The molecule has 1 N–H and O–H groups in total. The summed E-state index contributed by atoms with van der Waals surface area (Å²) in [5.41, 5.74) is 0. The third-order valence-electron chi connectivity index (χ3n) is 4.58. The summed E-state index contributed by atoms with van der Waals surface area (Å²) in [6.07, 6.45) is 1.02. The highest BCUT2D eigenvalue weighted by Gasteiger charge is 2.24. The molecule has 0 bridgehead atoms. The van der Waals surface area contributed by atoms with E-state index in [1.54, 1.807) is 21.8 Å². The summed E-state index contributed by atoms with van der Waals surface area (Å²) in [6.45, 7) is 1.31. The van der Waals surface area contributed by atoms with Crippen molar-refractivity contribution < 1.29 is 18.3 Å². The Balaban J connectivity index is 1.46. The highest BCUT2D eigenvalue weighted by molar-refractivity contribution is 5.89. The highest BCUT2D eigenvalue weighted by Crippen LogP contribution is 2.25. The number of ether oxygens (including phenoxy) is 1. The van der Waals surface area contributed by atoms with Crippen molar-refractivity contribution in [2.24, 2.45) is 0 Å². The molecular formula is C19H24F2N4O2. The molecule has 3 rings (SSSR count). The molecule has 1 saturated heterocycles. The van der Waals surface area contributed by atoms with Crippen molar-refractivity contribution in [3.05, 3.63) is 42.6 Å². The molecule has 6 nitrogen and oxygen atoms in total. The zero-order valence-corrected chi connectivity index (χ0v) is 15.1. The molecule has 0 spiro atoms. The van der Waals surface area contributed by atoms with E-state index in [1.165, 1.54) is 0 Å². The van der Waals surface area contributed by atoms with Crippen molar-refractivity contribution in [2.75, 3.05) is 31.6 Å². The fourth-order valence-corrected chi connectivity index (χ4v) is 3.23. The smallest absolute Gasteiger partial charge is 0.251 e. The number of anilines is 1. The maximum absolute atomic E-state index is 12.5. The van der Waals surface area contributed by atoms with Crippen LogP contribution in [0.2, 0.25) is 0 Å². The van der Waals surface area contributed by atoms with E-state index in [0.29, 0.717) is 18.9 Å². The van der Waals surface area contributed by atoms with E-state index in [9.17, 15) is 13.6 Å². The van der Waals surface area contributed by atoms with Gasteiger partial charge in [-0.2, -0.15) is 5.10 Å². The first-order valence-corrected chi connectivity index (χ1v) is 9.13. The molecule has 1 fully saturated rings. The average Bonchev–Trinajstić information content (AvgIpc) is 3.11. The lowest BCUT2D eigenvalue weighted by molar-refractivity contribution is -0.116. The Morgan fingerprint density at radius 2 is 1.96 bits per heavy atom. The van der Waals surface area contributed by atoms with Gasteiger partial charge in [-0.3, -0.25) is 9.69 Å². The Bertz CT molecular complexity index is 716. The molecule has 1 aliphatic heterocycles. The van der Waals surface area contributed by atoms with Gasteiger partial charge in [0.15, 0.2) is 0 Å². The van der Waals surface area contributed by atoms with E-state index in [1.807, 2.05) is 30.3 Å². The summed E-state index contributed by atoms with van der Waals surface area (Å²) in [6, 6.07) is 11.2. The maximum atomic E-state index is 12.5. The molecule has 1 amide bonds. The third-order valence-corrected chi connectivity index (χ3v) is 4.58. The largest absolute Gasteiger partial charge is 0.493 e. The number of likely N-dealkylation sites (tertiary alicyclic amines) is 1. The van der Waals surface area contributed by atoms with E-state index in [-0.39, 0.29) is 31.5 Å². The van der Waals surface area contributed by atoms with Gasteiger partial charge in [-0.25, -0.2) is 13.5 Å². The molecular weight excluding hydrogens is 354 g/mol. The number of benzene rings is 1. The van der Waals surface area contributed by atoms with Crippen LogP contribution in [0.15, 0.2) is 42.6 Å². The summed E-state index contributed by atoms with van der Waals surface area (Å²) in [4.78, 5) is 14.0. The number of aromatic nitrogens is 2. The number of para-hydroxylation sites is 1. The second-order valence-corrected chi connectivity index (χ2v) is 6.54. The Morgan fingerprint density at radius 3 is 2.67 bits per heavy atom. The monoisotopic (exact) mass is 378 g/mol. The molecule has 2 heterocycles. The van der Waals surface area contributed by atoms with E-state index in [0.717, 1.165) is 18.6 Å². The number of alkyl halides is 2. The molecule has 0 radical (unpaired) electrons. The molecule has 146 valence electrons. The van der Waals surface area contributed by atoms with Gasteiger partial charge >= 0.3 is 0 Å². The van der Waals surface area contributed by atoms with E-state index in [4.69, 9.17) is 4.74 Å². The number of amides is 1. The Morgan fingerprint density at radius 1 is 1.22 bits per heavy atom. The van der Waals surface area contributed by atoms with Gasteiger partial charge in [-0.1, -0.05) is 18.2 Å². The summed E-state index contributed by atoms with van der Waals surface area (Å²) in [5, 5.41) is 7.18. The first-order valence-electron chi connectivity index (χ1n) is 9.13. The maximum Gasteiger partial charge on any atom is 0.251 e. The van der Waals surface area contributed by atoms with Crippen LogP contribution in [0.4, 0.5) is 14.6 Å². The van der Waals surface area contributed by atoms with Crippen LogP contribution in [0.3, 0.4) is 0 Å². The molecule has 8 heteroatoms. The van der Waals surface area contributed by atoms with Gasteiger partial charge in [0.1, 0.15) is 11.6 Å². The van der Waals surface area contributed by atoms with Crippen molar-refractivity contribution in [2.45, 2.75) is 31.7 Å². The van der Waals surface area contributed by atoms with Crippen LogP contribution >= 0.6 is 0 Å². The Labute approximate surface area is 157 Å². The first kappa shape index (κ1) is 19.3. The van der Waals surface area contributed by atoms with Crippen molar-refractivity contribution >= 4 is 11.7 Å². The second kappa shape index (κ2) is 9.45. The molecule has 1 aliphatic rings. The number of halogens is 2. The average molecular weight is 378 g/mol. The molecule has 0 unspecified atom stereocenters. The molecule has 1 aromatic carbocycles. The fourth-order valence-electron chi connectivity index (χ4n) is 3.23. The third kappa shape index (κ3) is 5.75. The van der Waals surface area contributed by atoms with Crippen molar-refractivity contribution in [3.63, 3.8) is 0 Å². The lowest BCUT2D eigenvalue weighted by Crippen LogP contribution is -2.38. The van der Waals surface area contributed by atoms with Crippen molar-refractivity contribution in [1.82, 2.24) is 14.7 Å². The van der Waals surface area contributed by atoms with Crippen molar-refractivity contribution in [1.29, 1.82) is 0 Å². The Hall–Kier alpha value is -2.48. The minimum atomic E-state index is -2.31. The molecule has 0 atom stereocenters. The van der Waals surface area contributed by atoms with E-state index in [2.05, 4.69) is 10.4 Å². The van der Waals surface area contributed by atoms with Gasteiger partial charge in [0.25, 0.3) is 6.43 Å². The van der Waals surface area contributed by atoms with Gasteiger partial charge in [0, 0.05) is 19.2 Å². The number of hydrogen-bond acceptors (Lipinski definition) is 4. The van der Waals surface area contributed by atoms with Crippen LogP contribution in [-0.2, 0) is 4.79 Å². The number of carbonyl (C=O) groups is 1. The summed E-state index contributed by atoms with van der Waals surface area (Å²) in [7, 11) is 0. The van der Waals surface area contributed by atoms with Gasteiger partial charge < -0.3 is 10.1 Å². The number of rotatable bonds is 8. The van der Waals surface area contributed by atoms with Gasteiger partial charge in [-0.05, 0) is 25.0 Å². The minimum Gasteiger partial charge on any atom is -0.493 e. The number of hydrogen-bond donors (Lipinski definition) is 1. The first-order chi connectivity index (χ1) is 13.1. The number of nitrogens with zero attached hydrogens (tertiary/aromatic N) is 3. The van der Waals surface area contributed by atoms with Crippen LogP contribution in [0.25, 0.3) is 0 Å². The summed E-state index contributed by atoms with van der Waals surface area (Å²) >= 11 is 0. The van der Waals surface area contributed by atoms with Crippen LogP contribution in [-0.4, -0.2) is 53.3 Å². The zero-order chi connectivity index (χ0) is 19.1. The van der Waals surface area contributed by atoms with Crippen molar-refractivity contribution in [3.8, 4) is 5.75 Å². The summed E-state index contributed by atoms with van der Waals surface area (Å²) < 4.78 is 32.3. The van der Waals surface area contributed by atoms with Gasteiger partial charge in [-0.15, -0.1) is 0 Å². The Kier molecular flexibility index (Phi) is 6.75. The fraction of sp³-hybridized carbons (Fsp3) is 0.474. The predicted octanol–water partition coefficient (Wildman–Crippen LogP) is 3.19. The molecule has 0 aliphatic carbocycles. The lowest BCUT2D eigenvalue weighted by Gasteiger charge is -2.32. The number of nitrogens with one attached hydrogen (secondary N) is 1. The predicted molar refractivity (Wildman–Crippen MR) is 98.1 cm³/mol. The lowest BCUT2D eigenvalue weighted by atomic mass is 10.1. The summed E-state index contributed by atoms with van der Waals surface area (Å²) in [5.74, 6) is 1.21. The molecule has 0 saturated carbocycles. The van der Waals surface area contributed by atoms with Crippen LogP contribution in [0, 0.1) is 0 Å². The second-order valence-electron chi connectivity index (χ2n) is 6.54. The SMILES string of the molecule is O=C(CCOc1ccccc1)Nc1ccnn1C1CCN(CC(F)F)CC1. The minimum absolute atomic E-state index is 0.102. The van der Waals surface area contributed by atoms with E-state index < -0.39 is 6.43 Å². The van der Waals surface area contributed by atoms with Gasteiger partial charge in [0.05, 0.1) is 31.8 Å². The molecule has 1 aromatic heterocycles. The van der Waals surface area contributed by atoms with E-state index >= 15 is 0 Å². The highest BCUT2D eigenvalue weighted by atomic mass is 19.3. The zero-order valence-electron chi connectivity index (χ0n) is 15.1. The molecule has 27 heavy (non-hydrogen) atoms. The number of carbonyl (C=O) groups excluding carboxylic acids is 1. The van der Waals surface area contributed by atoms with Gasteiger partial charge in [0.2, 0.25) is 5.91 Å². The molecule has 2 aromatic rings. The van der Waals surface area contributed by atoms with Crippen LogP contribution in [0.1, 0.15) is 25.3 Å². The number of piperidine rings is 1. The van der Waals surface area contributed by atoms with Crippen LogP contribution in [0.5, 0.6) is 5.75 Å². The quantitative estimate of drug-likeness (QED) is 0.766. The normalized spacial score (nSPS) is 15.8. The van der Waals surface area contributed by atoms with Crippen LogP contribution < -0.4 is 10.1 Å². The topological polar surface area (TPSA) is 59.4 Å².